The molecule has 1 heterocycles. The average molecular weight is 378 g/mol. The van der Waals surface area contributed by atoms with Crippen molar-refractivity contribution in [3.05, 3.63) is 66.2 Å². The highest BCUT2D eigenvalue weighted by Gasteiger charge is 2.07. The number of aromatic hydroxyl groups is 1. The predicted octanol–water partition coefficient (Wildman–Crippen LogP) is 6.56. The van der Waals surface area contributed by atoms with Crippen LogP contribution in [0, 0.1) is 5.82 Å². The summed E-state index contributed by atoms with van der Waals surface area (Å²) in [5.41, 5.74) is 3.89. The van der Waals surface area contributed by atoms with E-state index in [1.165, 1.54) is 56.2 Å². The lowest BCUT2D eigenvalue weighted by Gasteiger charge is -2.06. The second-order valence-electron chi connectivity index (χ2n) is 7.18. The molecule has 0 atom stereocenters. The van der Waals surface area contributed by atoms with Crippen molar-refractivity contribution < 1.29 is 9.50 Å². The summed E-state index contributed by atoms with van der Waals surface area (Å²) < 4.78 is 13.5. The smallest absolute Gasteiger partial charge is 0.165 e. The van der Waals surface area contributed by atoms with Gasteiger partial charge in [-0.25, -0.2) is 14.4 Å². The fourth-order valence-electron chi connectivity index (χ4n) is 3.25. The van der Waals surface area contributed by atoms with Crippen LogP contribution in [0.5, 0.6) is 5.75 Å². The molecular formula is C24H27FN2O. The summed E-state index contributed by atoms with van der Waals surface area (Å²) in [6, 6.07) is 12.7. The second-order valence-corrected chi connectivity index (χ2v) is 7.18. The highest BCUT2D eigenvalue weighted by molar-refractivity contribution is 5.64. The van der Waals surface area contributed by atoms with E-state index in [0.29, 0.717) is 11.4 Å². The van der Waals surface area contributed by atoms with Gasteiger partial charge in [-0.05, 0) is 42.2 Å². The van der Waals surface area contributed by atoms with Crippen LogP contribution in [0.1, 0.15) is 51.0 Å². The average Bonchev–Trinajstić information content (AvgIpc) is 2.73. The zero-order valence-corrected chi connectivity index (χ0v) is 16.4. The number of phenols is 1. The molecule has 1 N–H and O–H groups in total. The Hall–Kier alpha value is -2.75. The van der Waals surface area contributed by atoms with Gasteiger partial charge in [0.1, 0.15) is 0 Å². The minimum Gasteiger partial charge on any atom is -0.505 e. The Morgan fingerprint density at radius 1 is 0.786 bits per heavy atom. The molecule has 0 saturated carbocycles. The van der Waals surface area contributed by atoms with Crippen molar-refractivity contribution in [1.82, 2.24) is 9.97 Å². The monoisotopic (exact) mass is 378 g/mol. The first-order chi connectivity index (χ1) is 13.7. The molecule has 0 fully saturated rings. The minimum absolute atomic E-state index is 0.374. The fraction of sp³-hybridized carbons (Fsp3) is 0.333. The molecule has 0 aliphatic carbocycles. The van der Waals surface area contributed by atoms with Crippen molar-refractivity contribution in [3.63, 3.8) is 0 Å². The number of hydrogen-bond acceptors (Lipinski definition) is 3. The number of aromatic nitrogens is 2. The number of nitrogens with zero attached hydrogens (tertiary/aromatic N) is 2. The number of halogens is 1. The molecule has 3 nitrogen and oxygen atoms in total. The first-order valence-electron chi connectivity index (χ1n) is 10.1. The maximum absolute atomic E-state index is 13.5. The molecule has 0 aliphatic heterocycles. The quantitative estimate of drug-likeness (QED) is 0.429. The van der Waals surface area contributed by atoms with Gasteiger partial charge >= 0.3 is 0 Å². The Morgan fingerprint density at radius 3 is 2.11 bits per heavy atom. The predicted molar refractivity (Wildman–Crippen MR) is 112 cm³/mol. The highest BCUT2D eigenvalue weighted by atomic mass is 19.1. The normalized spacial score (nSPS) is 10.9. The Balaban J connectivity index is 1.58. The van der Waals surface area contributed by atoms with Crippen LogP contribution in [0.3, 0.4) is 0 Å². The molecule has 4 heteroatoms. The third-order valence-corrected chi connectivity index (χ3v) is 4.96. The molecule has 0 amide bonds. The van der Waals surface area contributed by atoms with Gasteiger partial charge in [-0.1, -0.05) is 63.3 Å². The van der Waals surface area contributed by atoms with E-state index in [2.05, 4.69) is 41.2 Å². The lowest BCUT2D eigenvalue weighted by atomic mass is 10.0. The first kappa shape index (κ1) is 20.0. The molecule has 0 unspecified atom stereocenters. The van der Waals surface area contributed by atoms with E-state index >= 15 is 0 Å². The summed E-state index contributed by atoms with van der Waals surface area (Å²) in [4.78, 5) is 8.69. The molecule has 28 heavy (non-hydrogen) atoms. The highest BCUT2D eigenvalue weighted by Crippen LogP contribution is 2.24. The number of hydrogen-bond donors (Lipinski definition) is 1. The van der Waals surface area contributed by atoms with Crippen molar-refractivity contribution >= 4 is 0 Å². The number of aryl methyl sites for hydroxylation is 1. The van der Waals surface area contributed by atoms with Crippen molar-refractivity contribution in [1.29, 1.82) is 0 Å². The van der Waals surface area contributed by atoms with E-state index in [-0.39, 0.29) is 5.75 Å². The van der Waals surface area contributed by atoms with Crippen molar-refractivity contribution in [3.8, 4) is 28.3 Å². The summed E-state index contributed by atoms with van der Waals surface area (Å²) in [7, 11) is 0. The maximum atomic E-state index is 13.5. The fourth-order valence-corrected chi connectivity index (χ4v) is 3.25. The van der Waals surface area contributed by atoms with Gasteiger partial charge < -0.3 is 5.11 Å². The van der Waals surface area contributed by atoms with Crippen LogP contribution in [0.4, 0.5) is 4.39 Å². The summed E-state index contributed by atoms with van der Waals surface area (Å²) >= 11 is 0. The topological polar surface area (TPSA) is 46.0 Å². The number of phenolic OH excluding ortho intramolecular Hbond substituents is 1. The van der Waals surface area contributed by atoms with Gasteiger partial charge in [0.15, 0.2) is 17.4 Å². The molecular weight excluding hydrogens is 351 g/mol. The zero-order chi connectivity index (χ0) is 19.8. The van der Waals surface area contributed by atoms with Gasteiger partial charge in [0.25, 0.3) is 0 Å². The van der Waals surface area contributed by atoms with Crippen LogP contribution < -0.4 is 0 Å². The summed E-state index contributed by atoms with van der Waals surface area (Å²) in [6.45, 7) is 2.24. The molecule has 1 aromatic heterocycles. The molecule has 0 bridgehead atoms. The van der Waals surface area contributed by atoms with Gasteiger partial charge in [-0.3, -0.25) is 0 Å². The van der Waals surface area contributed by atoms with E-state index in [4.69, 9.17) is 0 Å². The van der Waals surface area contributed by atoms with E-state index < -0.39 is 5.82 Å². The Bertz CT molecular complexity index is 876. The van der Waals surface area contributed by atoms with Crippen LogP contribution in [0.25, 0.3) is 22.5 Å². The second kappa shape index (κ2) is 9.98. The van der Waals surface area contributed by atoms with Crippen molar-refractivity contribution in [2.45, 2.75) is 51.9 Å². The van der Waals surface area contributed by atoms with Gasteiger partial charge in [-0.15, -0.1) is 0 Å². The molecule has 0 spiro atoms. The van der Waals surface area contributed by atoms with Gasteiger partial charge in [0.05, 0.1) is 0 Å². The van der Waals surface area contributed by atoms with E-state index in [9.17, 15) is 9.50 Å². The largest absolute Gasteiger partial charge is 0.505 e. The molecule has 3 rings (SSSR count). The Kier molecular flexibility index (Phi) is 7.12. The number of unbranched alkanes of at least 4 members (excludes halogenated alkanes) is 5. The Labute approximate surface area is 166 Å². The van der Waals surface area contributed by atoms with Crippen LogP contribution in [0.2, 0.25) is 0 Å². The van der Waals surface area contributed by atoms with Crippen LogP contribution in [-0.4, -0.2) is 15.1 Å². The molecule has 2 aromatic carbocycles. The minimum atomic E-state index is -0.675. The summed E-state index contributed by atoms with van der Waals surface area (Å²) in [5, 5.41) is 9.29. The third kappa shape index (κ3) is 5.38. The van der Waals surface area contributed by atoms with Crippen molar-refractivity contribution in [2.24, 2.45) is 0 Å². The lowest BCUT2D eigenvalue weighted by Crippen LogP contribution is -1.91. The molecule has 0 aliphatic rings. The van der Waals surface area contributed by atoms with Crippen molar-refractivity contribution in [2.75, 3.05) is 0 Å². The number of benzene rings is 2. The standard InChI is InChI=1S/C24H27FN2O/c1-2-3-4-5-6-7-8-18-9-11-19(12-10-18)21-16-26-24(27-17-21)20-13-14-23(28)22(25)15-20/h9-17,28H,2-8H2,1H3. The van der Waals surface area contributed by atoms with E-state index in [1.807, 2.05) is 0 Å². The summed E-state index contributed by atoms with van der Waals surface area (Å²) in [6.07, 6.45) is 12.5. The van der Waals surface area contributed by atoms with Crippen LogP contribution >= 0.6 is 0 Å². The third-order valence-electron chi connectivity index (χ3n) is 4.96. The molecule has 0 radical (unpaired) electrons. The maximum Gasteiger partial charge on any atom is 0.165 e. The molecule has 0 saturated heterocycles. The van der Waals surface area contributed by atoms with E-state index in [0.717, 1.165) is 17.5 Å². The molecule has 146 valence electrons. The lowest BCUT2D eigenvalue weighted by molar-refractivity contribution is 0.432. The zero-order valence-electron chi connectivity index (χ0n) is 16.4. The summed E-state index contributed by atoms with van der Waals surface area (Å²) in [5.74, 6) is -0.616. The van der Waals surface area contributed by atoms with E-state index in [1.54, 1.807) is 18.5 Å². The van der Waals surface area contributed by atoms with Gasteiger partial charge in [-0.2, -0.15) is 0 Å². The van der Waals surface area contributed by atoms with Gasteiger partial charge in [0.2, 0.25) is 0 Å². The van der Waals surface area contributed by atoms with Crippen LogP contribution in [-0.2, 0) is 6.42 Å². The van der Waals surface area contributed by atoms with Gasteiger partial charge in [0, 0.05) is 23.5 Å². The van der Waals surface area contributed by atoms with Crippen LogP contribution in [0.15, 0.2) is 54.9 Å². The molecule has 3 aromatic rings. The Morgan fingerprint density at radius 2 is 1.43 bits per heavy atom. The SMILES string of the molecule is CCCCCCCCc1ccc(-c2cnc(-c3ccc(O)c(F)c3)nc2)cc1. The number of rotatable bonds is 9. The first-order valence-corrected chi connectivity index (χ1v) is 10.1.